The van der Waals surface area contributed by atoms with Crippen molar-refractivity contribution in [2.45, 2.75) is 13.8 Å². The molecule has 1 aromatic carbocycles. The highest BCUT2D eigenvalue weighted by atomic mass is 32.1. The molecule has 1 N–H and O–H groups in total. The van der Waals surface area contributed by atoms with E-state index in [-0.39, 0.29) is 12.5 Å². The van der Waals surface area contributed by atoms with E-state index < -0.39 is 0 Å². The Morgan fingerprint density at radius 3 is 2.61 bits per heavy atom. The van der Waals surface area contributed by atoms with Crippen molar-refractivity contribution in [3.63, 3.8) is 0 Å². The Labute approximate surface area is 184 Å². The van der Waals surface area contributed by atoms with E-state index in [2.05, 4.69) is 24.1 Å². The normalized spacial score (nSPS) is 10.8. The first-order chi connectivity index (χ1) is 15.0. The summed E-state index contributed by atoms with van der Waals surface area (Å²) in [5.74, 6) is 1.94. The fourth-order valence-electron chi connectivity index (χ4n) is 3.29. The molecule has 0 atom stereocenters. The van der Waals surface area contributed by atoms with Gasteiger partial charge in [-0.05, 0) is 55.8 Å². The second-order valence-corrected chi connectivity index (χ2v) is 8.41. The number of nitrogens with one attached hydrogen (secondary N) is 1. The average molecular weight is 434 g/mol. The highest BCUT2D eigenvalue weighted by Gasteiger charge is 2.19. The third-order valence-electron chi connectivity index (χ3n) is 5.05. The van der Waals surface area contributed by atoms with Crippen LogP contribution in [0.5, 0.6) is 5.75 Å². The van der Waals surface area contributed by atoms with E-state index in [1.165, 1.54) is 4.88 Å². The number of anilines is 2. The molecule has 0 saturated carbocycles. The molecule has 4 rings (SSSR count). The van der Waals surface area contributed by atoms with Crippen molar-refractivity contribution in [2.24, 2.45) is 0 Å². The lowest BCUT2D eigenvalue weighted by atomic mass is 10.2. The zero-order chi connectivity index (χ0) is 22.0. The van der Waals surface area contributed by atoms with Crippen LogP contribution in [0.15, 0.2) is 48.8 Å². The molecule has 0 spiro atoms. The Morgan fingerprint density at radius 2 is 1.94 bits per heavy atom. The van der Waals surface area contributed by atoms with Crippen molar-refractivity contribution in [1.82, 2.24) is 15.0 Å². The van der Waals surface area contributed by atoms with Crippen LogP contribution in [0, 0.1) is 13.8 Å². The highest BCUT2D eigenvalue weighted by molar-refractivity contribution is 7.18. The number of hydrogen-bond donors (Lipinski definition) is 1. The molecule has 8 heteroatoms. The number of carbonyl (C=O) groups is 1. The minimum atomic E-state index is -0.132. The Hall–Kier alpha value is -3.52. The van der Waals surface area contributed by atoms with Crippen LogP contribution in [0.3, 0.4) is 0 Å². The first kappa shape index (κ1) is 20.7. The number of hydrogen-bond acceptors (Lipinski definition) is 7. The molecule has 3 aromatic heterocycles. The number of fused-ring (bicyclic) bond motifs is 1. The first-order valence-corrected chi connectivity index (χ1v) is 10.6. The quantitative estimate of drug-likeness (QED) is 0.484. The predicted octanol–water partition coefficient (Wildman–Crippen LogP) is 4.45. The van der Waals surface area contributed by atoms with E-state index >= 15 is 0 Å². The topological polar surface area (TPSA) is 80.2 Å². The van der Waals surface area contributed by atoms with Gasteiger partial charge in [-0.3, -0.25) is 9.78 Å². The van der Waals surface area contributed by atoms with Crippen molar-refractivity contribution >= 4 is 39.0 Å². The number of amides is 1. The first-order valence-electron chi connectivity index (χ1n) is 9.79. The molecule has 0 saturated heterocycles. The number of methoxy groups -OCH3 is 1. The van der Waals surface area contributed by atoms with Crippen LogP contribution in [0.25, 0.3) is 21.6 Å². The zero-order valence-corrected chi connectivity index (χ0v) is 18.7. The van der Waals surface area contributed by atoms with Gasteiger partial charge in [0.15, 0.2) is 5.82 Å². The van der Waals surface area contributed by atoms with Crippen molar-refractivity contribution in [2.75, 3.05) is 30.9 Å². The van der Waals surface area contributed by atoms with E-state index in [1.807, 2.05) is 48.3 Å². The molecular formula is C23H23N5O2S. The molecule has 158 valence electrons. The van der Waals surface area contributed by atoms with Crippen molar-refractivity contribution in [1.29, 1.82) is 0 Å². The lowest BCUT2D eigenvalue weighted by Gasteiger charge is -2.20. The molecular weight excluding hydrogens is 410 g/mol. The van der Waals surface area contributed by atoms with Gasteiger partial charge in [0.2, 0.25) is 5.91 Å². The predicted molar refractivity (Wildman–Crippen MR) is 125 cm³/mol. The van der Waals surface area contributed by atoms with Crippen LogP contribution in [-0.4, -0.2) is 41.6 Å². The molecule has 4 aromatic rings. The van der Waals surface area contributed by atoms with Gasteiger partial charge in [-0.25, -0.2) is 9.97 Å². The summed E-state index contributed by atoms with van der Waals surface area (Å²) in [5, 5.41) is 3.90. The molecule has 0 aliphatic carbocycles. The Bertz CT molecular complexity index is 1220. The summed E-state index contributed by atoms with van der Waals surface area (Å²) in [5.41, 5.74) is 2.69. The average Bonchev–Trinajstić information content (AvgIpc) is 3.07. The number of benzene rings is 1. The maximum Gasteiger partial charge on any atom is 0.243 e. The van der Waals surface area contributed by atoms with Crippen LogP contribution in [0.4, 0.5) is 11.5 Å². The van der Waals surface area contributed by atoms with Gasteiger partial charge in [0, 0.05) is 35.6 Å². The fourth-order valence-corrected chi connectivity index (χ4v) is 4.32. The van der Waals surface area contributed by atoms with Crippen molar-refractivity contribution in [3.8, 4) is 17.1 Å². The highest BCUT2D eigenvalue weighted by Crippen LogP contribution is 2.36. The molecule has 0 unspecified atom stereocenters. The number of pyridine rings is 1. The lowest BCUT2D eigenvalue weighted by Crippen LogP contribution is -2.31. The van der Waals surface area contributed by atoms with Gasteiger partial charge in [-0.1, -0.05) is 0 Å². The molecule has 3 heterocycles. The van der Waals surface area contributed by atoms with E-state index in [0.717, 1.165) is 32.9 Å². The van der Waals surface area contributed by atoms with Crippen LogP contribution < -0.4 is 15.0 Å². The number of aryl methyl sites for hydroxylation is 2. The van der Waals surface area contributed by atoms with Gasteiger partial charge in [0.1, 0.15) is 16.4 Å². The molecule has 1 amide bonds. The smallest absolute Gasteiger partial charge is 0.243 e. The minimum absolute atomic E-state index is 0.132. The second-order valence-electron chi connectivity index (χ2n) is 7.21. The van der Waals surface area contributed by atoms with Gasteiger partial charge in [-0.15, -0.1) is 11.3 Å². The van der Waals surface area contributed by atoms with Crippen LogP contribution in [-0.2, 0) is 4.79 Å². The van der Waals surface area contributed by atoms with Gasteiger partial charge < -0.3 is 15.0 Å². The minimum Gasteiger partial charge on any atom is -0.497 e. The molecule has 7 nitrogen and oxygen atoms in total. The maximum atomic E-state index is 12.7. The number of likely N-dealkylation sites (N-methyl/N-ethyl adjacent to an activating group) is 1. The molecule has 0 bridgehead atoms. The van der Waals surface area contributed by atoms with E-state index in [0.29, 0.717) is 11.5 Å². The number of nitrogens with zero attached hydrogens (tertiary/aromatic N) is 4. The number of rotatable bonds is 6. The summed E-state index contributed by atoms with van der Waals surface area (Å²) in [6.45, 7) is 4.29. The molecule has 0 fully saturated rings. The summed E-state index contributed by atoms with van der Waals surface area (Å²) < 4.78 is 5.16. The third kappa shape index (κ3) is 4.34. The third-order valence-corrected chi connectivity index (χ3v) is 6.15. The van der Waals surface area contributed by atoms with E-state index in [9.17, 15) is 4.79 Å². The summed E-state index contributed by atoms with van der Waals surface area (Å²) >= 11 is 1.63. The second kappa shape index (κ2) is 8.69. The van der Waals surface area contributed by atoms with Crippen LogP contribution in [0.1, 0.15) is 10.4 Å². The van der Waals surface area contributed by atoms with Gasteiger partial charge in [-0.2, -0.15) is 0 Å². The summed E-state index contributed by atoms with van der Waals surface area (Å²) in [6.07, 6.45) is 3.46. The molecule has 0 radical (unpaired) electrons. The SMILES string of the molecule is COc1ccc(NC(=O)CN(C)c2nc(-c3cccnc3)nc3sc(C)c(C)c23)cc1. The Kier molecular flexibility index (Phi) is 5.81. The zero-order valence-electron chi connectivity index (χ0n) is 17.8. The molecule has 31 heavy (non-hydrogen) atoms. The van der Waals surface area contributed by atoms with Gasteiger partial charge in [0.05, 0.1) is 19.0 Å². The Morgan fingerprint density at radius 1 is 1.16 bits per heavy atom. The van der Waals surface area contributed by atoms with Crippen LogP contribution >= 0.6 is 11.3 Å². The number of aromatic nitrogens is 3. The largest absolute Gasteiger partial charge is 0.497 e. The lowest BCUT2D eigenvalue weighted by molar-refractivity contribution is -0.114. The number of ether oxygens (including phenoxy) is 1. The van der Waals surface area contributed by atoms with Gasteiger partial charge in [0.25, 0.3) is 0 Å². The number of carbonyl (C=O) groups excluding carboxylic acids is 1. The molecule has 0 aliphatic rings. The molecule has 0 aliphatic heterocycles. The van der Waals surface area contributed by atoms with Gasteiger partial charge >= 0.3 is 0 Å². The van der Waals surface area contributed by atoms with Crippen molar-refractivity contribution < 1.29 is 9.53 Å². The number of thiophene rings is 1. The standard InChI is InChI=1S/C23H23N5O2S/c1-14-15(2)31-23-20(14)22(26-21(27-23)16-6-5-11-24-12-16)28(3)13-19(29)25-17-7-9-18(30-4)10-8-17/h5-12H,13H2,1-4H3,(H,25,29). The monoisotopic (exact) mass is 433 g/mol. The summed E-state index contributed by atoms with van der Waals surface area (Å²) in [4.78, 5) is 30.4. The Balaban J connectivity index is 1.64. The van der Waals surface area contributed by atoms with Crippen LogP contribution in [0.2, 0.25) is 0 Å². The van der Waals surface area contributed by atoms with E-state index in [1.54, 1.807) is 30.8 Å². The summed E-state index contributed by atoms with van der Waals surface area (Å²) in [7, 11) is 3.48. The summed E-state index contributed by atoms with van der Waals surface area (Å²) in [6, 6.07) is 11.0. The maximum absolute atomic E-state index is 12.7. The van der Waals surface area contributed by atoms with E-state index in [4.69, 9.17) is 14.7 Å². The van der Waals surface area contributed by atoms with Crippen molar-refractivity contribution in [3.05, 3.63) is 59.2 Å². The fraction of sp³-hybridized carbons (Fsp3) is 0.217.